The topological polar surface area (TPSA) is 41.1 Å². The van der Waals surface area contributed by atoms with Gasteiger partial charge in [0.25, 0.3) is 0 Å². The average molecular weight is 264 g/mol. The highest BCUT2D eigenvalue weighted by molar-refractivity contribution is 5.77. The first-order chi connectivity index (χ1) is 8.34. The van der Waals surface area contributed by atoms with Crippen LogP contribution < -0.4 is 10.6 Å². The van der Waals surface area contributed by atoms with Gasteiger partial charge < -0.3 is 10.6 Å². The molecule has 1 rings (SSSR count). The van der Waals surface area contributed by atoms with E-state index in [9.17, 15) is 22.4 Å². The minimum Gasteiger partial charge on any atom is -0.358 e. The third-order valence-corrected chi connectivity index (χ3v) is 2.26. The molecule has 0 fully saturated rings. The number of nitrogens with one attached hydrogen (secondary N) is 2. The molecule has 1 amide bonds. The highest BCUT2D eigenvalue weighted by Crippen LogP contribution is 2.32. The van der Waals surface area contributed by atoms with E-state index in [0.29, 0.717) is 6.07 Å². The summed E-state index contributed by atoms with van der Waals surface area (Å²) in [5, 5.41) is 4.87. The van der Waals surface area contributed by atoms with Crippen LogP contribution in [0.4, 0.5) is 17.6 Å². The summed E-state index contributed by atoms with van der Waals surface area (Å²) in [6.45, 7) is -0.270. The molecule has 1 aromatic rings. The molecular weight excluding hydrogens is 252 g/mol. The number of rotatable bonds is 4. The SMILES string of the molecule is CNC(=O)CNCc1ccc(F)cc1C(F)(F)F. The van der Waals surface area contributed by atoms with E-state index in [1.54, 1.807) is 0 Å². The smallest absolute Gasteiger partial charge is 0.358 e. The average Bonchev–Trinajstić information content (AvgIpc) is 2.29. The molecule has 0 spiro atoms. The maximum absolute atomic E-state index is 12.8. The molecule has 0 bridgehead atoms. The second-order valence-corrected chi connectivity index (χ2v) is 3.58. The molecule has 0 aliphatic rings. The third-order valence-electron chi connectivity index (χ3n) is 2.26. The van der Waals surface area contributed by atoms with Gasteiger partial charge in [0.15, 0.2) is 0 Å². The van der Waals surface area contributed by atoms with Gasteiger partial charge in [-0.1, -0.05) is 6.07 Å². The Morgan fingerprint density at radius 1 is 1.33 bits per heavy atom. The molecular formula is C11H12F4N2O. The van der Waals surface area contributed by atoms with Gasteiger partial charge in [0.05, 0.1) is 12.1 Å². The van der Waals surface area contributed by atoms with Crippen LogP contribution in [0.2, 0.25) is 0 Å². The largest absolute Gasteiger partial charge is 0.416 e. The van der Waals surface area contributed by atoms with Crippen LogP contribution in [-0.4, -0.2) is 19.5 Å². The number of amides is 1. The Morgan fingerprint density at radius 3 is 2.56 bits per heavy atom. The standard InChI is InChI=1S/C11H12F4N2O/c1-16-10(18)6-17-5-7-2-3-8(12)4-9(7)11(13,14)15/h2-4,17H,5-6H2,1H3,(H,16,18). The lowest BCUT2D eigenvalue weighted by atomic mass is 10.1. The highest BCUT2D eigenvalue weighted by atomic mass is 19.4. The first-order valence-corrected chi connectivity index (χ1v) is 5.11. The fourth-order valence-corrected chi connectivity index (χ4v) is 1.37. The van der Waals surface area contributed by atoms with E-state index in [4.69, 9.17) is 0 Å². The number of alkyl halides is 3. The number of benzene rings is 1. The normalized spacial score (nSPS) is 11.4. The van der Waals surface area contributed by atoms with Crippen molar-refractivity contribution in [2.24, 2.45) is 0 Å². The molecule has 0 heterocycles. The van der Waals surface area contributed by atoms with E-state index in [0.717, 1.165) is 12.1 Å². The zero-order chi connectivity index (χ0) is 13.8. The van der Waals surface area contributed by atoms with Crippen molar-refractivity contribution in [2.75, 3.05) is 13.6 Å². The first-order valence-electron chi connectivity index (χ1n) is 5.11. The van der Waals surface area contributed by atoms with E-state index < -0.39 is 17.6 Å². The predicted molar refractivity (Wildman–Crippen MR) is 57.2 cm³/mol. The number of likely N-dealkylation sites (N-methyl/N-ethyl adjacent to an activating group) is 1. The van der Waals surface area contributed by atoms with E-state index in [1.165, 1.54) is 7.05 Å². The van der Waals surface area contributed by atoms with Crippen LogP contribution in [-0.2, 0) is 17.5 Å². The quantitative estimate of drug-likeness (QED) is 0.812. The van der Waals surface area contributed by atoms with Gasteiger partial charge in [-0.25, -0.2) is 4.39 Å². The van der Waals surface area contributed by atoms with Crippen LogP contribution >= 0.6 is 0 Å². The van der Waals surface area contributed by atoms with Crippen LogP contribution in [0.15, 0.2) is 18.2 Å². The molecule has 0 aliphatic carbocycles. The van der Waals surface area contributed by atoms with Gasteiger partial charge in [0.2, 0.25) is 5.91 Å². The Balaban J connectivity index is 2.79. The zero-order valence-electron chi connectivity index (χ0n) is 9.57. The van der Waals surface area contributed by atoms with Crippen molar-refractivity contribution in [3.8, 4) is 0 Å². The molecule has 0 aromatic heterocycles. The molecule has 7 heteroatoms. The molecule has 3 nitrogen and oxygen atoms in total. The second kappa shape index (κ2) is 5.81. The molecule has 0 saturated carbocycles. The van der Waals surface area contributed by atoms with Crippen molar-refractivity contribution in [2.45, 2.75) is 12.7 Å². The Hall–Kier alpha value is -1.63. The van der Waals surface area contributed by atoms with Gasteiger partial charge in [-0.15, -0.1) is 0 Å². The van der Waals surface area contributed by atoms with E-state index in [1.807, 2.05) is 0 Å². The fraction of sp³-hybridized carbons (Fsp3) is 0.364. The number of hydrogen-bond donors (Lipinski definition) is 2. The lowest BCUT2D eigenvalue weighted by Crippen LogP contribution is -2.31. The van der Waals surface area contributed by atoms with E-state index in [2.05, 4.69) is 10.6 Å². The molecule has 0 radical (unpaired) electrons. The molecule has 1 aromatic carbocycles. The monoisotopic (exact) mass is 264 g/mol. The lowest BCUT2D eigenvalue weighted by Gasteiger charge is -2.13. The maximum Gasteiger partial charge on any atom is 0.416 e. The Kier molecular flexibility index (Phi) is 4.66. The first kappa shape index (κ1) is 14.4. The van der Waals surface area contributed by atoms with Crippen molar-refractivity contribution in [1.82, 2.24) is 10.6 Å². The number of carbonyl (C=O) groups excluding carboxylic acids is 1. The number of halogens is 4. The maximum atomic E-state index is 12.8. The summed E-state index contributed by atoms with van der Waals surface area (Å²) in [5.74, 6) is -1.29. The molecule has 0 saturated heterocycles. The molecule has 2 N–H and O–H groups in total. The van der Waals surface area contributed by atoms with Gasteiger partial charge in [-0.05, 0) is 17.7 Å². The summed E-state index contributed by atoms with van der Waals surface area (Å²) in [6.07, 6.45) is -4.62. The summed E-state index contributed by atoms with van der Waals surface area (Å²) >= 11 is 0. The van der Waals surface area contributed by atoms with Crippen LogP contribution in [0.3, 0.4) is 0 Å². The van der Waals surface area contributed by atoms with Gasteiger partial charge >= 0.3 is 6.18 Å². The van der Waals surface area contributed by atoms with Crippen LogP contribution in [0.1, 0.15) is 11.1 Å². The van der Waals surface area contributed by atoms with Crippen molar-refractivity contribution >= 4 is 5.91 Å². The van der Waals surface area contributed by atoms with Crippen molar-refractivity contribution in [1.29, 1.82) is 0 Å². The Morgan fingerprint density at radius 2 is 2.00 bits per heavy atom. The molecule has 100 valence electrons. The zero-order valence-corrected chi connectivity index (χ0v) is 9.57. The highest BCUT2D eigenvalue weighted by Gasteiger charge is 2.33. The van der Waals surface area contributed by atoms with Crippen molar-refractivity contribution < 1.29 is 22.4 Å². The Bertz CT molecular complexity index is 432. The summed E-state index contributed by atoms with van der Waals surface area (Å²) in [7, 11) is 1.42. The number of hydrogen-bond acceptors (Lipinski definition) is 2. The van der Waals surface area contributed by atoms with Crippen LogP contribution in [0.5, 0.6) is 0 Å². The van der Waals surface area contributed by atoms with Crippen molar-refractivity contribution in [3.05, 3.63) is 35.1 Å². The van der Waals surface area contributed by atoms with Crippen LogP contribution in [0, 0.1) is 5.82 Å². The van der Waals surface area contributed by atoms with Gasteiger partial charge in [-0.3, -0.25) is 4.79 Å². The van der Waals surface area contributed by atoms with Gasteiger partial charge in [-0.2, -0.15) is 13.2 Å². The summed E-state index contributed by atoms with van der Waals surface area (Å²) in [4.78, 5) is 10.9. The fourth-order valence-electron chi connectivity index (χ4n) is 1.37. The predicted octanol–water partition coefficient (Wildman–Crippen LogP) is 1.68. The van der Waals surface area contributed by atoms with Gasteiger partial charge in [0.1, 0.15) is 5.82 Å². The minimum atomic E-state index is -4.62. The van der Waals surface area contributed by atoms with Gasteiger partial charge in [0, 0.05) is 13.6 Å². The number of carbonyl (C=O) groups is 1. The summed E-state index contributed by atoms with van der Waals surface area (Å²) < 4.78 is 50.6. The second-order valence-electron chi connectivity index (χ2n) is 3.58. The Labute approximate surface area is 101 Å². The van der Waals surface area contributed by atoms with E-state index in [-0.39, 0.29) is 24.6 Å². The van der Waals surface area contributed by atoms with E-state index >= 15 is 0 Å². The molecule has 0 aliphatic heterocycles. The van der Waals surface area contributed by atoms with Crippen molar-refractivity contribution in [3.63, 3.8) is 0 Å². The molecule has 0 unspecified atom stereocenters. The minimum absolute atomic E-state index is 0.104. The summed E-state index contributed by atoms with van der Waals surface area (Å²) in [5.41, 5.74) is -1.14. The third kappa shape index (κ3) is 3.99. The molecule has 18 heavy (non-hydrogen) atoms. The summed E-state index contributed by atoms with van der Waals surface area (Å²) in [6, 6.07) is 2.44. The van der Waals surface area contributed by atoms with Crippen LogP contribution in [0.25, 0.3) is 0 Å². The molecule has 0 atom stereocenters. The lowest BCUT2D eigenvalue weighted by molar-refractivity contribution is -0.138.